The van der Waals surface area contributed by atoms with Crippen LogP contribution in [0.2, 0.25) is 0 Å². The number of hydrogen-bond donors (Lipinski definition) is 1. The molecule has 1 N–H and O–H groups in total. The predicted octanol–water partition coefficient (Wildman–Crippen LogP) is 2.14. The summed E-state index contributed by atoms with van der Waals surface area (Å²) in [6.07, 6.45) is 5.39. The van der Waals surface area contributed by atoms with Crippen molar-refractivity contribution in [3.8, 4) is 0 Å². The van der Waals surface area contributed by atoms with Crippen LogP contribution in [0.5, 0.6) is 0 Å². The minimum Gasteiger partial charge on any atom is -0.360 e. The average Bonchev–Trinajstić information content (AvgIpc) is 3.17. The molecule has 7 nitrogen and oxygen atoms in total. The Morgan fingerprint density at radius 1 is 1.20 bits per heavy atom. The van der Waals surface area contributed by atoms with Crippen molar-refractivity contribution in [3.05, 3.63) is 11.5 Å². The topological polar surface area (TPSA) is 92.5 Å². The van der Waals surface area contributed by atoms with Gasteiger partial charge in [-0.05, 0) is 58.3 Å². The van der Waals surface area contributed by atoms with Crippen LogP contribution in [0.3, 0.4) is 0 Å². The van der Waals surface area contributed by atoms with Crippen molar-refractivity contribution in [3.63, 3.8) is 0 Å². The molecular weight excluding hydrogens is 342 g/mol. The first-order valence-corrected chi connectivity index (χ1v) is 10.5. The summed E-state index contributed by atoms with van der Waals surface area (Å²) in [5.74, 6) is 0.799. The number of carbonyl (C=O) groups is 1. The van der Waals surface area contributed by atoms with Crippen LogP contribution < -0.4 is 5.32 Å². The van der Waals surface area contributed by atoms with E-state index in [4.69, 9.17) is 4.52 Å². The van der Waals surface area contributed by atoms with Gasteiger partial charge in [0.05, 0.1) is 0 Å². The molecule has 2 aliphatic rings. The van der Waals surface area contributed by atoms with Gasteiger partial charge in [0.2, 0.25) is 15.9 Å². The second-order valence-corrected chi connectivity index (χ2v) is 9.22. The number of amides is 1. The first-order valence-electron chi connectivity index (χ1n) is 9.05. The number of nitrogens with one attached hydrogen (secondary N) is 1. The Kier molecular flexibility index (Phi) is 5.20. The molecule has 0 radical (unpaired) electrons. The number of sulfonamides is 1. The summed E-state index contributed by atoms with van der Waals surface area (Å²) in [5, 5.41) is 6.82. The Labute approximate surface area is 149 Å². The van der Waals surface area contributed by atoms with E-state index in [1.807, 2.05) is 0 Å². The zero-order valence-electron chi connectivity index (χ0n) is 15.1. The van der Waals surface area contributed by atoms with Crippen molar-refractivity contribution in [1.29, 1.82) is 0 Å². The van der Waals surface area contributed by atoms with Crippen LogP contribution in [0.15, 0.2) is 9.42 Å². The summed E-state index contributed by atoms with van der Waals surface area (Å²) in [5.41, 5.74) is 0.338. The Morgan fingerprint density at radius 3 is 2.48 bits per heavy atom. The van der Waals surface area contributed by atoms with E-state index in [-0.39, 0.29) is 22.6 Å². The minimum absolute atomic E-state index is 0.0960. The van der Waals surface area contributed by atoms with Gasteiger partial charge in [0, 0.05) is 12.6 Å². The number of rotatable bonds is 4. The molecule has 1 saturated carbocycles. The minimum atomic E-state index is -3.78. The highest BCUT2D eigenvalue weighted by Gasteiger charge is 2.42. The lowest BCUT2D eigenvalue weighted by molar-refractivity contribution is -0.125. The lowest BCUT2D eigenvalue weighted by Crippen LogP contribution is -2.49. The van der Waals surface area contributed by atoms with Crippen LogP contribution in [0.1, 0.15) is 56.9 Å². The van der Waals surface area contributed by atoms with Gasteiger partial charge in [-0.3, -0.25) is 4.79 Å². The largest absolute Gasteiger partial charge is 0.360 e. The third kappa shape index (κ3) is 3.60. The Bertz CT molecular complexity index is 716. The van der Waals surface area contributed by atoms with E-state index in [9.17, 15) is 13.2 Å². The van der Waals surface area contributed by atoms with Crippen molar-refractivity contribution < 1.29 is 17.7 Å². The van der Waals surface area contributed by atoms with Gasteiger partial charge in [0.15, 0.2) is 5.76 Å². The van der Waals surface area contributed by atoms with E-state index in [0.717, 1.165) is 25.7 Å². The van der Waals surface area contributed by atoms with Crippen LogP contribution >= 0.6 is 0 Å². The maximum absolute atomic E-state index is 13.0. The van der Waals surface area contributed by atoms with Crippen molar-refractivity contribution in [2.75, 3.05) is 6.54 Å². The quantitative estimate of drug-likeness (QED) is 0.878. The molecule has 1 saturated heterocycles. The summed E-state index contributed by atoms with van der Waals surface area (Å²) < 4.78 is 32.4. The van der Waals surface area contributed by atoms with Crippen molar-refractivity contribution in [2.24, 2.45) is 5.92 Å². The molecular formula is C17H27N3O4S. The molecule has 1 amide bonds. The molecule has 1 aromatic heterocycles. The maximum atomic E-state index is 13.0. The molecule has 8 heteroatoms. The molecule has 0 unspecified atom stereocenters. The Balaban J connectivity index is 1.75. The molecule has 0 spiro atoms. The highest BCUT2D eigenvalue weighted by atomic mass is 32.2. The molecule has 2 fully saturated rings. The van der Waals surface area contributed by atoms with Gasteiger partial charge in [0.25, 0.3) is 0 Å². The van der Waals surface area contributed by atoms with Gasteiger partial charge in [0.1, 0.15) is 16.6 Å². The third-order valence-electron chi connectivity index (χ3n) is 5.40. The lowest BCUT2D eigenvalue weighted by Gasteiger charge is -2.29. The summed E-state index contributed by atoms with van der Waals surface area (Å²) >= 11 is 0. The fourth-order valence-corrected chi connectivity index (χ4v) is 5.90. The van der Waals surface area contributed by atoms with Gasteiger partial charge in [-0.2, -0.15) is 4.31 Å². The summed E-state index contributed by atoms with van der Waals surface area (Å²) in [4.78, 5) is 12.8. The lowest BCUT2D eigenvalue weighted by atomic mass is 9.87. The van der Waals surface area contributed by atoms with Gasteiger partial charge < -0.3 is 9.84 Å². The predicted molar refractivity (Wildman–Crippen MR) is 92.5 cm³/mol. The normalized spacial score (nSPS) is 28.2. The molecule has 2 heterocycles. The van der Waals surface area contributed by atoms with Crippen LogP contribution in [0.4, 0.5) is 0 Å². The monoisotopic (exact) mass is 369 g/mol. The fraction of sp³-hybridized carbons (Fsp3) is 0.765. The van der Waals surface area contributed by atoms with E-state index >= 15 is 0 Å². The van der Waals surface area contributed by atoms with Crippen molar-refractivity contribution in [2.45, 2.75) is 76.3 Å². The molecule has 0 bridgehead atoms. The van der Waals surface area contributed by atoms with E-state index in [1.54, 1.807) is 13.8 Å². The maximum Gasteiger partial charge on any atom is 0.249 e. The number of nitrogens with zero attached hydrogens (tertiary/aromatic N) is 2. The second kappa shape index (κ2) is 7.07. The number of aryl methyl sites for hydroxylation is 2. The van der Waals surface area contributed by atoms with Gasteiger partial charge in [-0.25, -0.2) is 8.42 Å². The fourth-order valence-electron chi connectivity index (χ4n) is 3.95. The van der Waals surface area contributed by atoms with Crippen LogP contribution in [-0.4, -0.2) is 42.4 Å². The smallest absolute Gasteiger partial charge is 0.249 e. The summed E-state index contributed by atoms with van der Waals surface area (Å²) in [7, 11) is -3.78. The molecule has 140 valence electrons. The van der Waals surface area contributed by atoms with E-state index in [0.29, 0.717) is 31.0 Å². The molecule has 0 aromatic carbocycles. The SMILES string of the molecule is Cc1noc(C)c1S(=O)(=O)N1CCC[C@@H]1C(=O)NC1CCC(C)CC1. The van der Waals surface area contributed by atoms with Crippen LogP contribution in [0.25, 0.3) is 0 Å². The summed E-state index contributed by atoms with van der Waals surface area (Å²) in [6, 6.07) is -0.481. The van der Waals surface area contributed by atoms with Crippen LogP contribution in [-0.2, 0) is 14.8 Å². The first kappa shape index (κ1) is 18.4. The standard InChI is InChI=1S/C17H27N3O4S/c1-11-6-8-14(9-7-11)18-17(21)15-5-4-10-20(15)25(22,23)16-12(2)19-24-13(16)3/h11,14-15H,4-10H2,1-3H3,(H,18,21)/t11?,14?,15-/m1/s1. The Morgan fingerprint density at radius 2 is 1.88 bits per heavy atom. The molecule has 1 atom stereocenters. The molecule has 3 rings (SSSR count). The van der Waals surface area contributed by atoms with E-state index in [1.165, 1.54) is 4.31 Å². The molecule has 1 aliphatic heterocycles. The van der Waals surface area contributed by atoms with Gasteiger partial charge >= 0.3 is 0 Å². The zero-order valence-corrected chi connectivity index (χ0v) is 15.9. The first-order chi connectivity index (χ1) is 11.8. The molecule has 25 heavy (non-hydrogen) atoms. The number of carbonyl (C=O) groups excluding carboxylic acids is 1. The second-order valence-electron chi connectivity index (χ2n) is 7.39. The van der Waals surface area contributed by atoms with E-state index < -0.39 is 16.1 Å². The highest BCUT2D eigenvalue weighted by Crippen LogP contribution is 2.30. The van der Waals surface area contributed by atoms with Crippen LogP contribution in [0, 0.1) is 19.8 Å². The van der Waals surface area contributed by atoms with E-state index in [2.05, 4.69) is 17.4 Å². The van der Waals surface area contributed by atoms with Crippen molar-refractivity contribution in [1.82, 2.24) is 14.8 Å². The highest BCUT2D eigenvalue weighted by molar-refractivity contribution is 7.89. The zero-order chi connectivity index (χ0) is 18.2. The molecule has 1 aromatic rings. The number of hydrogen-bond acceptors (Lipinski definition) is 5. The van der Waals surface area contributed by atoms with Gasteiger partial charge in [-0.1, -0.05) is 12.1 Å². The third-order valence-corrected chi connectivity index (χ3v) is 7.56. The van der Waals surface area contributed by atoms with Gasteiger partial charge in [-0.15, -0.1) is 0 Å². The Hall–Kier alpha value is -1.41. The number of aromatic nitrogens is 1. The summed E-state index contributed by atoms with van der Waals surface area (Å²) in [6.45, 7) is 5.78. The average molecular weight is 369 g/mol. The molecule has 1 aliphatic carbocycles. The van der Waals surface area contributed by atoms with Crippen molar-refractivity contribution >= 4 is 15.9 Å².